The van der Waals surface area contributed by atoms with Gasteiger partial charge in [-0.25, -0.2) is 4.98 Å². The summed E-state index contributed by atoms with van der Waals surface area (Å²) in [4.78, 5) is 5.72. The molecule has 0 bridgehead atoms. The molecule has 0 saturated carbocycles. The predicted octanol–water partition coefficient (Wildman–Crippen LogP) is 3.67. The van der Waals surface area contributed by atoms with Crippen molar-refractivity contribution >= 4 is 11.3 Å². The summed E-state index contributed by atoms with van der Waals surface area (Å²) in [6, 6.07) is 6.08. The second kappa shape index (κ2) is 5.72. The van der Waals surface area contributed by atoms with E-state index in [1.807, 2.05) is 26.0 Å². The Hall–Kier alpha value is -1.39. The zero-order valence-electron chi connectivity index (χ0n) is 11.9. The van der Waals surface area contributed by atoms with Crippen LogP contribution in [0.1, 0.15) is 39.7 Å². The highest BCUT2D eigenvalue weighted by atomic mass is 32.1. The molecule has 102 valence electrons. The summed E-state index contributed by atoms with van der Waals surface area (Å²) in [6.07, 6.45) is 0. The van der Waals surface area contributed by atoms with E-state index in [2.05, 4.69) is 24.9 Å². The van der Waals surface area contributed by atoms with Crippen molar-refractivity contribution in [1.29, 1.82) is 0 Å². The number of hydrogen-bond acceptors (Lipinski definition) is 4. The molecule has 1 aromatic carbocycles. The van der Waals surface area contributed by atoms with Gasteiger partial charge in [0.25, 0.3) is 0 Å². The number of aryl methyl sites for hydroxylation is 3. The summed E-state index contributed by atoms with van der Waals surface area (Å²) in [6.45, 7) is 8.63. The topological polar surface area (TPSA) is 48.1 Å². The van der Waals surface area contributed by atoms with E-state index in [0.29, 0.717) is 6.61 Å². The molecule has 0 aliphatic rings. The first kappa shape index (κ1) is 14.0. The molecular formula is C15H20N2OS. The van der Waals surface area contributed by atoms with Gasteiger partial charge in [0.1, 0.15) is 17.4 Å². The van der Waals surface area contributed by atoms with Gasteiger partial charge >= 0.3 is 0 Å². The van der Waals surface area contributed by atoms with Crippen molar-refractivity contribution in [3.63, 3.8) is 0 Å². The molecule has 0 aliphatic heterocycles. The van der Waals surface area contributed by atoms with Crippen LogP contribution in [-0.4, -0.2) is 4.98 Å². The summed E-state index contributed by atoms with van der Waals surface area (Å²) >= 11 is 1.68. The Morgan fingerprint density at radius 1 is 1.32 bits per heavy atom. The molecule has 2 N–H and O–H groups in total. The molecule has 3 nitrogen and oxygen atoms in total. The zero-order chi connectivity index (χ0) is 14.0. The van der Waals surface area contributed by atoms with Crippen LogP contribution in [0.25, 0.3) is 0 Å². The Morgan fingerprint density at radius 2 is 2.05 bits per heavy atom. The third-order valence-corrected chi connectivity index (χ3v) is 4.13. The summed E-state index contributed by atoms with van der Waals surface area (Å²) in [5.41, 5.74) is 9.31. The molecule has 2 aromatic rings. The molecule has 0 aliphatic carbocycles. The van der Waals surface area contributed by atoms with Crippen molar-refractivity contribution in [1.82, 2.24) is 4.98 Å². The van der Waals surface area contributed by atoms with Crippen LogP contribution < -0.4 is 10.5 Å². The Labute approximate surface area is 118 Å². The number of rotatable bonds is 4. The van der Waals surface area contributed by atoms with E-state index in [1.54, 1.807) is 11.3 Å². The minimum absolute atomic E-state index is 0.0327. The second-order valence-electron chi connectivity index (χ2n) is 4.87. The average Bonchev–Trinajstić information content (AvgIpc) is 2.67. The van der Waals surface area contributed by atoms with Crippen LogP contribution in [0.3, 0.4) is 0 Å². The summed E-state index contributed by atoms with van der Waals surface area (Å²) in [7, 11) is 0. The average molecular weight is 276 g/mol. The maximum absolute atomic E-state index is 5.99. The summed E-state index contributed by atoms with van der Waals surface area (Å²) in [5.74, 6) is 0.853. The number of nitrogens with zero attached hydrogens (tertiary/aromatic N) is 1. The first-order chi connectivity index (χ1) is 8.97. The molecule has 19 heavy (non-hydrogen) atoms. The van der Waals surface area contributed by atoms with Crippen LogP contribution in [0.4, 0.5) is 0 Å². The highest BCUT2D eigenvalue weighted by Crippen LogP contribution is 2.26. The normalized spacial score (nSPS) is 12.5. The Bertz CT molecular complexity index is 556. The number of nitrogens with two attached hydrogens (primary N) is 1. The minimum atomic E-state index is -0.0327. The molecule has 0 amide bonds. The molecule has 1 aromatic heterocycles. The monoisotopic (exact) mass is 276 g/mol. The van der Waals surface area contributed by atoms with E-state index in [4.69, 9.17) is 10.5 Å². The van der Waals surface area contributed by atoms with Crippen LogP contribution >= 0.6 is 11.3 Å². The van der Waals surface area contributed by atoms with Gasteiger partial charge in [-0.1, -0.05) is 17.7 Å². The van der Waals surface area contributed by atoms with Crippen molar-refractivity contribution in [2.45, 2.75) is 40.3 Å². The maximum atomic E-state index is 5.99. The van der Waals surface area contributed by atoms with Crippen LogP contribution in [0.15, 0.2) is 18.2 Å². The highest BCUT2D eigenvalue weighted by Gasteiger charge is 2.10. The van der Waals surface area contributed by atoms with Gasteiger partial charge in [0.15, 0.2) is 0 Å². The Morgan fingerprint density at radius 3 is 2.63 bits per heavy atom. The standard InChI is InChI=1S/C15H20N2OS/c1-9-5-6-14(13(7-9)10(2)16)18-8-15-17-11(3)12(4)19-15/h5-7,10H,8,16H2,1-4H3/t10-/m1/s1. The lowest BCUT2D eigenvalue weighted by atomic mass is 10.1. The van der Waals surface area contributed by atoms with Gasteiger partial charge in [-0.15, -0.1) is 11.3 Å². The van der Waals surface area contributed by atoms with Gasteiger partial charge in [-0.2, -0.15) is 0 Å². The molecule has 1 atom stereocenters. The SMILES string of the molecule is Cc1ccc(OCc2nc(C)c(C)s2)c([C@@H](C)N)c1. The van der Waals surface area contributed by atoms with E-state index < -0.39 is 0 Å². The fourth-order valence-corrected chi connectivity index (χ4v) is 2.74. The first-order valence-electron chi connectivity index (χ1n) is 6.39. The minimum Gasteiger partial charge on any atom is -0.486 e. The van der Waals surface area contributed by atoms with Gasteiger partial charge < -0.3 is 10.5 Å². The summed E-state index contributed by atoms with van der Waals surface area (Å²) < 4.78 is 5.88. The zero-order valence-corrected chi connectivity index (χ0v) is 12.7. The van der Waals surface area contributed by atoms with Crippen molar-refractivity contribution in [3.05, 3.63) is 44.9 Å². The van der Waals surface area contributed by atoms with E-state index in [9.17, 15) is 0 Å². The largest absolute Gasteiger partial charge is 0.486 e. The van der Waals surface area contributed by atoms with E-state index in [1.165, 1.54) is 10.4 Å². The molecule has 1 heterocycles. The maximum Gasteiger partial charge on any atom is 0.140 e. The van der Waals surface area contributed by atoms with Crippen LogP contribution in [0.2, 0.25) is 0 Å². The van der Waals surface area contributed by atoms with Crippen molar-refractivity contribution < 1.29 is 4.74 Å². The lowest BCUT2D eigenvalue weighted by Gasteiger charge is -2.14. The quantitative estimate of drug-likeness (QED) is 0.927. The number of ether oxygens (including phenoxy) is 1. The van der Waals surface area contributed by atoms with Crippen molar-refractivity contribution in [2.75, 3.05) is 0 Å². The Balaban J connectivity index is 2.15. The lowest BCUT2D eigenvalue weighted by molar-refractivity contribution is 0.300. The van der Waals surface area contributed by atoms with Gasteiger partial charge in [0, 0.05) is 16.5 Å². The van der Waals surface area contributed by atoms with E-state index in [0.717, 1.165) is 22.0 Å². The summed E-state index contributed by atoms with van der Waals surface area (Å²) in [5, 5.41) is 1.01. The first-order valence-corrected chi connectivity index (χ1v) is 7.21. The molecule has 0 radical (unpaired) electrons. The van der Waals surface area contributed by atoms with E-state index in [-0.39, 0.29) is 6.04 Å². The smallest absolute Gasteiger partial charge is 0.140 e. The molecule has 2 rings (SSSR count). The molecular weight excluding hydrogens is 256 g/mol. The van der Waals surface area contributed by atoms with Crippen LogP contribution in [0.5, 0.6) is 5.75 Å². The fourth-order valence-electron chi connectivity index (χ4n) is 1.90. The highest BCUT2D eigenvalue weighted by molar-refractivity contribution is 7.11. The van der Waals surface area contributed by atoms with Gasteiger partial charge in [-0.3, -0.25) is 0 Å². The van der Waals surface area contributed by atoms with Crippen LogP contribution in [-0.2, 0) is 6.61 Å². The molecule has 0 fully saturated rings. The number of benzene rings is 1. The second-order valence-corrected chi connectivity index (χ2v) is 6.16. The third kappa shape index (κ3) is 3.33. The molecule has 0 unspecified atom stereocenters. The van der Waals surface area contributed by atoms with Gasteiger partial charge in [0.05, 0.1) is 5.69 Å². The van der Waals surface area contributed by atoms with Gasteiger partial charge in [-0.05, 0) is 33.8 Å². The van der Waals surface area contributed by atoms with E-state index >= 15 is 0 Å². The van der Waals surface area contributed by atoms with Crippen molar-refractivity contribution in [2.24, 2.45) is 5.73 Å². The number of thiazole rings is 1. The number of hydrogen-bond donors (Lipinski definition) is 1. The van der Waals surface area contributed by atoms with Gasteiger partial charge in [0.2, 0.25) is 0 Å². The predicted molar refractivity (Wildman–Crippen MR) is 79.7 cm³/mol. The molecule has 4 heteroatoms. The number of aromatic nitrogens is 1. The lowest BCUT2D eigenvalue weighted by Crippen LogP contribution is -2.08. The fraction of sp³-hybridized carbons (Fsp3) is 0.400. The molecule has 0 saturated heterocycles. The Kier molecular flexibility index (Phi) is 4.22. The van der Waals surface area contributed by atoms with Crippen molar-refractivity contribution in [3.8, 4) is 5.75 Å². The third-order valence-electron chi connectivity index (χ3n) is 3.08. The molecule has 0 spiro atoms. The van der Waals surface area contributed by atoms with Crippen LogP contribution in [0, 0.1) is 20.8 Å².